The molecule has 4 rings (SSSR count). The lowest BCUT2D eigenvalue weighted by atomic mass is 10.2. The molecule has 1 fully saturated rings. The molecule has 1 aliphatic rings. The highest BCUT2D eigenvalue weighted by Gasteiger charge is 2.13. The molecule has 1 amide bonds. The fourth-order valence-corrected chi connectivity index (χ4v) is 4.38. The van der Waals surface area contributed by atoms with E-state index in [-0.39, 0.29) is 18.0 Å². The van der Waals surface area contributed by atoms with Gasteiger partial charge in [0.2, 0.25) is 5.91 Å². The van der Waals surface area contributed by atoms with Crippen LogP contribution in [0.2, 0.25) is 0 Å². The third-order valence-corrected chi connectivity index (χ3v) is 5.93. The van der Waals surface area contributed by atoms with Gasteiger partial charge in [-0.3, -0.25) is 14.2 Å². The van der Waals surface area contributed by atoms with Crippen LogP contribution in [0.5, 0.6) is 0 Å². The van der Waals surface area contributed by atoms with Crippen molar-refractivity contribution in [2.24, 2.45) is 0 Å². The topological polar surface area (TPSA) is 67.2 Å². The van der Waals surface area contributed by atoms with Crippen molar-refractivity contribution in [3.63, 3.8) is 0 Å². The Balaban J connectivity index is 1.45. The highest BCUT2D eigenvalue weighted by Crippen LogP contribution is 2.30. The largest absolute Gasteiger partial charge is 0.353 e. The van der Waals surface area contributed by atoms with Crippen LogP contribution in [0.3, 0.4) is 0 Å². The van der Waals surface area contributed by atoms with Crippen LogP contribution in [0, 0.1) is 0 Å². The maximum atomic E-state index is 12.7. The van der Waals surface area contributed by atoms with Gasteiger partial charge >= 0.3 is 0 Å². The Labute approximate surface area is 161 Å². The van der Waals surface area contributed by atoms with Gasteiger partial charge in [-0.1, -0.05) is 30.3 Å². The number of benzene rings is 1. The molecule has 0 unspecified atom stereocenters. The van der Waals surface area contributed by atoms with E-state index in [1.807, 2.05) is 36.4 Å². The van der Waals surface area contributed by atoms with Crippen LogP contribution in [0.1, 0.15) is 12.8 Å². The van der Waals surface area contributed by atoms with E-state index >= 15 is 0 Å². The average molecular weight is 382 g/mol. The summed E-state index contributed by atoms with van der Waals surface area (Å²) in [6, 6.07) is 11.8. The Bertz CT molecular complexity index is 990. The molecule has 0 bridgehead atoms. The predicted molar refractivity (Wildman–Crippen MR) is 108 cm³/mol. The predicted octanol–water partition coefficient (Wildman–Crippen LogP) is 2.34. The normalized spacial score (nSPS) is 14.7. The van der Waals surface area contributed by atoms with Crippen molar-refractivity contribution in [1.82, 2.24) is 19.8 Å². The van der Waals surface area contributed by atoms with Crippen molar-refractivity contribution in [1.29, 1.82) is 0 Å². The molecule has 27 heavy (non-hydrogen) atoms. The van der Waals surface area contributed by atoms with Crippen LogP contribution in [-0.4, -0.2) is 46.5 Å². The molecule has 3 heterocycles. The van der Waals surface area contributed by atoms with E-state index in [4.69, 9.17) is 0 Å². The van der Waals surface area contributed by atoms with E-state index in [9.17, 15) is 9.59 Å². The Kier molecular flexibility index (Phi) is 5.31. The van der Waals surface area contributed by atoms with Crippen LogP contribution in [0.15, 0.2) is 47.5 Å². The standard InChI is InChI=1S/C20H22N4O2S/c25-18(21-8-11-23-9-4-5-10-23)13-24-14-22-19-16(20(24)26)12-17(27-19)15-6-2-1-3-7-15/h1-3,6-7,12,14H,4-5,8-11,13H2,(H,21,25). The SMILES string of the molecule is O=C(Cn1cnc2sc(-c3ccccc3)cc2c1=O)NCCN1CCCC1. The Morgan fingerprint density at radius 1 is 1.19 bits per heavy atom. The summed E-state index contributed by atoms with van der Waals surface area (Å²) in [6.45, 7) is 3.69. The minimum atomic E-state index is -0.173. The van der Waals surface area contributed by atoms with Crippen molar-refractivity contribution in [2.45, 2.75) is 19.4 Å². The minimum Gasteiger partial charge on any atom is -0.353 e. The van der Waals surface area contributed by atoms with Gasteiger partial charge in [0.15, 0.2) is 0 Å². The molecule has 1 N–H and O–H groups in total. The number of likely N-dealkylation sites (tertiary alicyclic amines) is 1. The smallest absolute Gasteiger partial charge is 0.262 e. The second-order valence-electron chi connectivity index (χ2n) is 6.77. The van der Waals surface area contributed by atoms with E-state index < -0.39 is 0 Å². The van der Waals surface area contributed by atoms with E-state index in [0.29, 0.717) is 16.8 Å². The van der Waals surface area contributed by atoms with E-state index in [1.165, 1.54) is 35.1 Å². The van der Waals surface area contributed by atoms with Gasteiger partial charge in [-0.05, 0) is 37.6 Å². The van der Waals surface area contributed by atoms with Gasteiger partial charge in [0, 0.05) is 18.0 Å². The van der Waals surface area contributed by atoms with Crippen molar-refractivity contribution < 1.29 is 4.79 Å². The maximum Gasteiger partial charge on any atom is 0.262 e. The van der Waals surface area contributed by atoms with Crippen molar-refractivity contribution in [2.75, 3.05) is 26.2 Å². The van der Waals surface area contributed by atoms with E-state index in [1.54, 1.807) is 0 Å². The highest BCUT2D eigenvalue weighted by atomic mass is 32.1. The molecule has 2 aromatic heterocycles. The Morgan fingerprint density at radius 3 is 2.74 bits per heavy atom. The zero-order valence-corrected chi connectivity index (χ0v) is 15.9. The number of nitrogens with one attached hydrogen (secondary N) is 1. The first-order valence-electron chi connectivity index (χ1n) is 9.24. The number of carbonyl (C=O) groups is 1. The van der Waals surface area contributed by atoms with Gasteiger partial charge < -0.3 is 10.2 Å². The van der Waals surface area contributed by atoms with Gasteiger partial charge in [0.25, 0.3) is 5.56 Å². The second-order valence-corrected chi connectivity index (χ2v) is 7.80. The molecular weight excluding hydrogens is 360 g/mol. The molecule has 1 aliphatic heterocycles. The van der Waals surface area contributed by atoms with Gasteiger partial charge in [0.05, 0.1) is 11.7 Å². The zero-order chi connectivity index (χ0) is 18.6. The number of carbonyl (C=O) groups excluding carboxylic acids is 1. The quantitative estimate of drug-likeness (QED) is 0.711. The minimum absolute atomic E-state index is 0.00170. The van der Waals surface area contributed by atoms with Crippen LogP contribution >= 0.6 is 11.3 Å². The molecule has 3 aromatic rings. The molecule has 0 aliphatic carbocycles. The summed E-state index contributed by atoms with van der Waals surface area (Å²) >= 11 is 1.49. The molecule has 0 saturated carbocycles. The van der Waals surface area contributed by atoms with Gasteiger partial charge in [0.1, 0.15) is 11.4 Å². The fourth-order valence-electron chi connectivity index (χ4n) is 3.39. The number of fused-ring (bicyclic) bond motifs is 1. The lowest BCUT2D eigenvalue weighted by Crippen LogP contribution is -2.37. The number of thiophene rings is 1. The Hall–Kier alpha value is -2.51. The van der Waals surface area contributed by atoms with Crippen LogP contribution in [0.25, 0.3) is 20.7 Å². The van der Waals surface area contributed by atoms with E-state index in [0.717, 1.165) is 30.1 Å². The van der Waals surface area contributed by atoms with E-state index in [2.05, 4.69) is 15.2 Å². The lowest BCUT2D eigenvalue weighted by Gasteiger charge is -2.14. The second kappa shape index (κ2) is 8.02. The third-order valence-electron chi connectivity index (χ3n) is 4.84. The first kappa shape index (κ1) is 17.9. The number of hydrogen-bond donors (Lipinski definition) is 1. The summed E-state index contributed by atoms with van der Waals surface area (Å²) in [7, 11) is 0. The summed E-state index contributed by atoms with van der Waals surface area (Å²) < 4.78 is 1.38. The fraction of sp³-hybridized carbons (Fsp3) is 0.350. The lowest BCUT2D eigenvalue weighted by molar-refractivity contribution is -0.121. The molecule has 0 spiro atoms. The van der Waals surface area contributed by atoms with Crippen LogP contribution < -0.4 is 10.9 Å². The summed E-state index contributed by atoms with van der Waals surface area (Å²) in [5, 5.41) is 3.46. The average Bonchev–Trinajstić information content (AvgIpc) is 3.35. The molecule has 7 heteroatoms. The summed E-state index contributed by atoms with van der Waals surface area (Å²) in [5.41, 5.74) is 0.888. The molecule has 6 nitrogen and oxygen atoms in total. The monoisotopic (exact) mass is 382 g/mol. The number of hydrogen-bond acceptors (Lipinski definition) is 5. The third kappa shape index (κ3) is 4.09. The number of nitrogens with zero attached hydrogens (tertiary/aromatic N) is 3. The van der Waals surface area contributed by atoms with Gasteiger partial charge in [-0.2, -0.15) is 0 Å². The summed E-state index contributed by atoms with van der Waals surface area (Å²) in [5.74, 6) is -0.157. The van der Waals surface area contributed by atoms with Crippen LogP contribution in [-0.2, 0) is 11.3 Å². The first-order valence-corrected chi connectivity index (χ1v) is 10.1. The summed E-state index contributed by atoms with van der Waals surface area (Å²) in [4.78, 5) is 33.3. The Morgan fingerprint density at radius 2 is 1.96 bits per heavy atom. The number of amides is 1. The van der Waals surface area contributed by atoms with Crippen molar-refractivity contribution in [3.05, 3.63) is 53.1 Å². The molecule has 1 aromatic carbocycles. The van der Waals surface area contributed by atoms with Crippen molar-refractivity contribution >= 4 is 27.5 Å². The highest BCUT2D eigenvalue weighted by molar-refractivity contribution is 7.21. The first-order chi connectivity index (χ1) is 13.2. The van der Waals surface area contributed by atoms with Gasteiger partial charge in [-0.25, -0.2) is 4.98 Å². The van der Waals surface area contributed by atoms with Crippen molar-refractivity contribution in [3.8, 4) is 10.4 Å². The molecule has 1 saturated heterocycles. The number of rotatable bonds is 6. The van der Waals surface area contributed by atoms with Crippen LogP contribution in [0.4, 0.5) is 0 Å². The number of aromatic nitrogens is 2. The maximum absolute atomic E-state index is 12.7. The molecule has 0 atom stereocenters. The molecular formula is C20H22N4O2S. The van der Waals surface area contributed by atoms with Gasteiger partial charge in [-0.15, -0.1) is 11.3 Å². The summed E-state index contributed by atoms with van der Waals surface area (Å²) in [6.07, 6.45) is 3.94. The molecule has 140 valence electrons. The zero-order valence-electron chi connectivity index (χ0n) is 15.1. The molecule has 0 radical (unpaired) electrons.